The van der Waals surface area contributed by atoms with Crippen molar-refractivity contribution in [3.05, 3.63) is 53.3 Å². The lowest BCUT2D eigenvalue weighted by molar-refractivity contribution is -0.145. The van der Waals surface area contributed by atoms with Crippen LogP contribution in [-0.2, 0) is 4.79 Å². The zero-order valence-electron chi connectivity index (χ0n) is 16.0. The highest BCUT2D eigenvalue weighted by Crippen LogP contribution is 2.41. The Balaban J connectivity index is 2.16. The molecule has 3 rings (SSSR count). The largest absolute Gasteiger partial charge is 0.493 e. The van der Waals surface area contributed by atoms with E-state index >= 15 is 0 Å². The van der Waals surface area contributed by atoms with Crippen LogP contribution in [0.5, 0.6) is 11.5 Å². The van der Waals surface area contributed by atoms with Crippen LogP contribution in [-0.4, -0.2) is 47.8 Å². The molecule has 2 unspecified atom stereocenters. The van der Waals surface area contributed by atoms with E-state index in [2.05, 4.69) is 4.98 Å². The lowest BCUT2D eigenvalue weighted by Crippen LogP contribution is -2.47. The maximum absolute atomic E-state index is 11.9. The first kappa shape index (κ1) is 19.2. The molecule has 2 aromatic rings. The van der Waals surface area contributed by atoms with Crippen LogP contribution in [0, 0.1) is 6.92 Å². The van der Waals surface area contributed by atoms with Crippen LogP contribution in [0.25, 0.3) is 0 Å². The molecule has 0 saturated carbocycles. The number of aliphatic carboxylic acids is 1. The number of rotatable bonds is 6. The molecular formula is C21H26N2O4. The van der Waals surface area contributed by atoms with Crippen molar-refractivity contribution in [2.75, 3.05) is 20.8 Å². The quantitative estimate of drug-likeness (QED) is 0.840. The lowest BCUT2D eigenvalue weighted by Gasteiger charge is -2.39. The monoisotopic (exact) mass is 370 g/mol. The normalized spacial score (nSPS) is 18.7. The molecule has 1 fully saturated rings. The third kappa shape index (κ3) is 3.90. The molecule has 6 nitrogen and oxygen atoms in total. The lowest BCUT2D eigenvalue weighted by atomic mass is 9.93. The fourth-order valence-electron chi connectivity index (χ4n) is 3.80. The number of benzene rings is 1. The zero-order chi connectivity index (χ0) is 19.4. The Morgan fingerprint density at radius 1 is 1.22 bits per heavy atom. The van der Waals surface area contributed by atoms with E-state index in [4.69, 9.17) is 9.47 Å². The van der Waals surface area contributed by atoms with E-state index in [0.717, 1.165) is 29.7 Å². The number of para-hydroxylation sites is 1. The van der Waals surface area contributed by atoms with Gasteiger partial charge in [0.1, 0.15) is 6.04 Å². The standard InChI is InChI=1S/C21H26N2O4/c1-14-10-11-16(22-13-14)19(23-12-5-4-8-17(23)21(24)25)15-7-6-9-18(26-2)20(15)27-3/h6-7,9-11,13,17,19H,4-5,8,12H2,1-3H3,(H,24,25). The molecule has 1 aliphatic rings. The van der Waals surface area contributed by atoms with E-state index < -0.39 is 12.0 Å². The van der Waals surface area contributed by atoms with E-state index in [-0.39, 0.29) is 6.04 Å². The van der Waals surface area contributed by atoms with Gasteiger partial charge in [0.25, 0.3) is 0 Å². The van der Waals surface area contributed by atoms with Gasteiger partial charge in [-0.2, -0.15) is 0 Å². The minimum absolute atomic E-state index is 0.322. The first-order chi connectivity index (χ1) is 13.1. The topological polar surface area (TPSA) is 71.9 Å². The number of hydrogen-bond acceptors (Lipinski definition) is 5. The van der Waals surface area contributed by atoms with Gasteiger partial charge in [0, 0.05) is 11.8 Å². The molecule has 6 heteroatoms. The van der Waals surface area contributed by atoms with Crippen molar-refractivity contribution in [1.82, 2.24) is 9.88 Å². The second-order valence-corrected chi connectivity index (χ2v) is 6.83. The number of aryl methyl sites for hydroxylation is 1. The molecule has 0 amide bonds. The number of hydrogen-bond donors (Lipinski definition) is 1. The second-order valence-electron chi connectivity index (χ2n) is 6.83. The van der Waals surface area contributed by atoms with Gasteiger partial charge in [0.2, 0.25) is 0 Å². The SMILES string of the molecule is COc1cccc(C(c2ccc(C)cn2)N2CCCCC2C(=O)O)c1OC. The molecule has 1 saturated heterocycles. The molecule has 0 spiro atoms. The third-order valence-electron chi connectivity index (χ3n) is 5.10. The highest BCUT2D eigenvalue weighted by Gasteiger charge is 2.37. The summed E-state index contributed by atoms with van der Waals surface area (Å²) in [6.45, 7) is 2.68. The number of methoxy groups -OCH3 is 2. The van der Waals surface area contributed by atoms with Gasteiger partial charge >= 0.3 is 5.97 Å². The summed E-state index contributed by atoms with van der Waals surface area (Å²) in [5.41, 5.74) is 2.73. The Morgan fingerprint density at radius 3 is 2.67 bits per heavy atom. The number of ether oxygens (including phenoxy) is 2. The molecular weight excluding hydrogens is 344 g/mol. The maximum Gasteiger partial charge on any atom is 0.320 e. The Labute approximate surface area is 159 Å². The number of carboxylic acids is 1. The van der Waals surface area contributed by atoms with Gasteiger partial charge in [-0.25, -0.2) is 0 Å². The van der Waals surface area contributed by atoms with Crippen molar-refractivity contribution in [1.29, 1.82) is 0 Å². The first-order valence-electron chi connectivity index (χ1n) is 9.18. The zero-order valence-corrected chi connectivity index (χ0v) is 16.0. The number of carbonyl (C=O) groups is 1. The fraction of sp³-hybridized carbons (Fsp3) is 0.429. The summed E-state index contributed by atoms with van der Waals surface area (Å²) in [7, 11) is 3.20. The minimum Gasteiger partial charge on any atom is -0.493 e. The number of aromatic nitrogens is 1. The van der Waals surface area contributed by atoms with Crippen LogP contribution in [0.2, 0.25) is 0 Å². The van der Waals surface area contributed by atoms with Gasteiger partial charge in [0.05, 0.1) is 26.0 Å². The molecule has 2 heterocycles. The molecule has 2 atom stereocenters. The van der Waals surface area contributed by atoms with Gasteiger partial charge in [-0.1, -0.05) is 24.6 Å². The molecule has 0 radical (unpaired) electrons. The van der Waals surface area contributed by atoms with E-state index in [1.807, 2.05) is 48.4 Å². The molecule has 0 aliphatic carbocycles. The smallest absolute Gasteiger partial charge is 0.320 e. The first-order valence-corrected chi connectivity index (χ1v) is 9.18. The number of pyridine rings is 1. The molecule has 1 N–H and O–H groups in total. The van der Waals surface area contributed by atoms with Gasteiger partial charge in [0.15, 0.2) is 11.5 Å². The molecule has 1 aliphatic heterocycles. The van der Waals surface area contributed by atoms with Gasteiger partial charge in [-0.15, -0.1) is 0 Å². The fourth-order valence-corrected chi connectivity index (χ4v) is 3.80. The number of piperidine rings is 1. The van der Waals surface area contributed by atoms with Gasteiger partial charge in [-0.3, -0.25) is 14.7 Å². The Morgan fingerprint density at radius 2 is 2.04 bits per heavy atom. The van der Waals surface area contributed by atoms with Crippen molar-refractivity contribution in [2.45, 2.75) is 38.3 Å². The summed E-state index contributed by atoms with van der Waals surface area (Å²) in [6.07, 6.45) is 4.31. The van der Waals surface area contributed by atoms with Crippen molar-refractivity contribution in [3.8, 4) is 11.5 Å². The average Bonchev–Trinajstić information content (AvgIpc) is 2.69. The Kier molecular flexibility index (Phi) is 5.96. The summed E-state index contributed by atoms with van der Waals surface area (Å²) < 4.78 is 11.1. The van der Waals surface area contributed by atoms with Gasteiger partial charge in [-0.05, 0) is 44.0 Å². The van der Waals surface area contributed by atoms with Crippen LogP contribution in [0.4, 0.5) is 0 Å². The molecule has 144 valence electrons. The Bertz CT molecular complexity index is 791. The number of likely N-dealkylation sites (tertiary alicyclic amines) is 1. The number of carboxylic acid groups (broad SMARTS) is 1. The van der Waals surface area contributed by atoms with E-state index in [1.54, 1.807) is 14.2 Å². The van der Waals surface area contributed by atoms with Crippen molar-refractivity contribution < 1.29 is 19.4 Å². The van der Waals surface area contributed by atoms with Crippen molar-refractivity contribution in [2.24, 2.45) is 0 Å². The predicted molar refractivity (Wildman–Crippen MR) is 102 cm³/mol. The van der Waals surface area contributed by atoms with Crippen LogP contribution < -0.4 is 9.47 Å². The van der Waals surface area contributed by atoms with Crippen molar-refractivity contribution >= 4 is 5.97 Å². The summed E-state index contributed by atoms with van der Waals surface area (Å²) in [6, 6.07) is 8.79. The molecule has 1 aromatic carbocycles. The highest BCUT2D eigenvalue weighted by atomic mass is 16.5. The van der Waals surface area contributed by atoms with E-state index in [0.29, 0.717) is 24.5 Å². The van der Waals surface area contributed by atoms with Crippen LogP contribution >= 0.6 is 0 Å². The summed E-state index contributed by atoms with van der Waals surface area (Å²) in [5.74, 6) is 0.437. The summed E-state index contributed by atoms with van der Waals surface area (Å²) in [5, 5.41) is 9.80. The molecule has 1 aromatic heterocycles. The second kappa shape index (κ2) is 8.39. The summed E-state index contributed by atoms with van der Waals surface area (Å²) >= 11 is 0. The van der Waals surface area contributed by atoms with Crippen molar-refractivity contribution in [3.63, 3.8) is 0 Å². The average molecular weight is 370 g/mol. The summed E-state index contributed by atoms with van der Waals surface area (Å²) in [4.78, 5) is 18.6. The minimum atomic E-state index is -0.798. The molecule has 0 bridgehead atoms. The maximum atomic E-state index is 11.9. The van der Waals surface area contributed by atoms with Crippen LogP contribution in [0.15, 0.2) is 36.5 Å². The van der Waals surface area contributed by atoms with E-state index in [1.165, 1.54) is 0 Å². The van der Waals surface area contributed by atoms with E-state index in [9.17, 15) is 9.90 Å². The predicted octanol–water partition coefficient (Wildman–Crippen LogP) is 3.44. The number of nitrogens with zero attached hydrogens (tertiary/aromatic N) is 2. The van der Waals surface area contributed by atoms with Crippen LogP contribution in [0.1, 0.15) is 42.1 Å². The highest BCUT2D eigenvalue weighted by molar-refractivity contribution is 5.73. The molecule has 27 heavy (non-hydrogen) atoms. The Hall–Kier alpha value is -2.60. The van der Waals surface area contributed by atoms with Crippen LogP contribution in [0.3, 0.4) is 0 Å². The third-order valence-corrected chi connectivity index (χ3v) is 5.10. The van der Waals surface area contributed by atoms with Gasteiger partial charge < -0.3 is 14.6 Å².